The van der Waals surface area contributed by atoms with Crippen molar-refractivity contribution < 1.29 is 19.1 Å². The molecule has 2 aromatic carbocycles. The predicted octanol–water partition coefficient (Wildman–Crippen LogP) is 2.45. The van der Waals surface area contributed by atoms with E-state index in [1.807, 2.05) is 60.7 Å². The minimum absolute atomic E-state index is 0.0725. The maximum Gasteiger partial charge on any atom is 0.324 e. The SMILES string of the molecule is CNC(CC(=O)OCc1ccccc1)C(=O)OCc1ccccc1. The average molecular weight is 327 g/mol. The second-order valence-corrected chi connectivity index (χ2v) is 5.28. The first kappa shape index (κ1) is 17.7. The maximum absolute atomic E-state index is 12.1. The third-order valence-electron chi connectivity index (χ3n) is 3.47. The van der Waals surface area contributed by atoms with Gasteiger partial charge in [0.1, 0.15) is 19.3 Å². The lowest BCUT2D eigenvalue weighted by molar-refractivity contribution is -0.154. The van der Waals surface area contributed by atoms with Gasteiger partial charge in [0.2, 0.25) is 0 Å². The van der Waals surface area contributed by atoms with E-state index in [0.717, 1.165) is 11.1 Å². The van der Waals surface area contributed by atoms with Gasteiger partial charge in [-0.15, -0.1) is 0 Å². The highest BCUT2D eigenvalue weighted by molar-refractivity contribution is 5.82. The Bertz CT molecular complexity index is 643. The maximum atomic E-state index is 12.1. The van der Waals surface area contributed by atoms with Crippen molar-refractivity contribution in [3.05, 3.63) is 71.8 Å². The van der Waals surface area contributed by atoms with Crippen LogP contribution in [0.3, 0.4) is 0 Å². The van der Waals surface area contributed by atoms with Crippen LogP contribution in [0.15, 0.2) is 60.7 Å². The highest BCUT2D eigenvalue weighted by Crippen LogP contribution is 2.06. The molecule has 126 valence electrons. The van der Waals surface area contributed by atoms with Crippen LogP contribution in [0.5, 0.6) is 0 Å². The molecule has 2 aromatic rings. The predicted molar refractivity (Wildman–Crippen MR) is 89.9 cm³/mol. The zero-order valence-electron chi connectivity index (χ0n) is 13.6. The highest BCUT2D eigenvalue weighted by Gasteiger charge is 2.22. The molecule has 0 aliphatic rings. The zero-order chi connectivity index (χ0) is 17.2. The molecule has 0 aliphatic heterocycles. The van der Waals surface area contributed by atoms with Crippen LogP contribution < -0.4 is 5.32 Å². The zero-order valence-corrected chi connectivity index (χ0v) is 13.6. The number of carbonyl (C=O) groups is 2. The Hall–Kier alpha value is -2.66. The first-order valence-electron chi connectivity index (χ1n) is 7.76. The summed E-state index contributed by atoms with van der Waals surface area (Å²) in [5.41, 5.74) is 1.80. The van der Waals surface area contributed by atoms with Crippen molar-refractivity contribution in [2.45, 2.75) is 25.7 Å². The summed E-state index contributed by atoms with van der Waals surface area (Å²) in [4.78, 5) is 24.0. The van der Waals surface area contributed by atoms with Crippen LogP contribution in [0.4, 0.5) is 0 Å². The monoisotopic (exact) mass is 327 g/mol. The van der Waals surface area contributed by atoms with Crippen molar-refractivity contribution >= 4 is 11.9 Å². The average Bonchev–Trinajstić information content (AvgIpc) is 2.64. The Morgan fingerprint density at radius 3 is 1.88 bits per heavy atom. The summed E-state index contributed by atoms with van der Waals surface area (Å²) >= 11 is 0. The molecule has 0 radical (unpaired) electrons. The van der Waals surface area contributed by atoms with Gasteiger partial charge < -0.3 is 14.8 Å². The molecule has 0 spiro atoms. The van der Waals surface area contributed by atoms with Crippen molar-refractivity contribution in [2.24, 2.45) is 0 Å². The van der Waals surface area contributed by atoms with E-state index in [-0.39, 0.29) is 19.6 Å². The van der Waals surface area contributed by atoms with Gasteiger partial charge in [-0.1, -0.05) is 60.7 Å². The molecule has 0 saturated heterocycles. The van der Waals surface area contributed by atoms with E-state index >= 15 is 0 Å². The fourth-order valence-corrected chi connectivity index (χ4v) is 2.10. The standard InChI is InChI=1S/C19H21NO4/c1-20-17(19(22)24-14-16-10-6-3-7-11-16)12-18(21)23-13-15-8-4-2-5-9-15/h2-11,17,20H,12-14H2,1H3. The molecule has 0 amide bonds. The molecule has 1 atom stereocenters. The molecule has 0 heterocycles. The van der Waals surface area contributed by atoms with Crippen LogP contribution in [0.25, 0.3) is 0 Å². The first-order chi connectivity index (χ1) is 11.7. The summed E-state index contributed by atoms with van der Waals surface area (Å²) in [6.45, 7) is 0.367. The number of carbonyl (C=O) groups excluding carboxylic acids is 2. The largest absolute Gasteiger partial charge is 0.461 e. The topological polar surface area (TPSA) is 64.6 Å². The van der Waals surface area contributed by atoms with Crippen molar-refractivity contribution in [1.82, 2.24) is 5.32 Å². The highest BCUT2D eigenvalue weighted by atomic mass is 16.5. The van der Waals surface area contributed by atoms with Crippen LogP contribution >= 0.6 is 0 Å². The van der Waals surface area contributed by atoms with Crippen molar-refractivity contribution in [1.29, 1.82) is 0 Å². The fourth-order valence-electron chi connectivity index (χ4n) is 2.10. The number of likely N-dealkylation sites (N-methyl/N-ethyl adjacent to an activating group) is 1. The molecule has 5 nitrogen and oxygen atoms in total. The van der Waals surface area contributed by atoms with E-state index in [1.165, 1.54) is 0 Å². The van der Waals surface area contributed by atoms with Gasteiger partial charge in [-0.2, -0.15) is 0 Å². The number of nitrogens with one attached hydrogen (secondary N) is 1. The Balaban J connectivity index is 1.77. The normalized spacial score (nSPS) is 11.5. The van der Waals surface area contributed by atoms with Gasteiger partial charge in [-0.3, -0.25) is 9.59 Å². The van der Waals surface area contributed by atoms with Crippen LogP contribution in [0, 0.1) is 0 Å². The molecule has 5 heteroatoms. The lowest BCUT2D eigenvalue weighted by Crippen LogP contribution is -2.37. The number of rotatable bonds is 8. The van der Waals surface area contributed by atoms with Crippen LogP contribution in [-0.4, -0.2) is 25.0 Å². The van der Waals surface area contributed by atoms with E-state index in [4.69, 9.17) is 9.47 Å². The Labute approximate surface area is 141 Å². The summed E-state index contributed by atoms with van der Waals surface area (Å²) in [5.74, 6) is -0.923. The van der Waals surface area contributed by atoms with Gasteiger partial charge in [0.15, 0.2) is 0 Å². The molecule has 0 bridgehead atoms. The van der Waals surface area contributed by atoms with E-state index in [1.54, 1.807) is 7.05 Å². The third kappa shape index (κ3) is 5.85. The summed E-state index contributed by atoms with van der Waals surface area (Å²) in [6.07, 6.45) is -0.0725. The van der Waals surface area contributed by atoms with Crippen LogP contribution in [0.2, 0.25) is 0 Å². The minimum Gasteiger partial charge on any atom is -0.461 e. The smallest absolute Gasteiger partial charge is 0.324 e. The summed E-state index contributed by atoms with van der Waals surface area (Å²) < 4.78 is 10.4. The van der Waals surface area contributed by atoms with Crippen LogP contribution in [-0.2, 0) is 32.3 Å². The van der Waals surface area contributed by atoms with Crippen molar-refractivity contribution in [2.75, 3.05) is 7.05 Å². The molecule has 0 aliphatic carbocycles. The van der Waals surface area contributed by atoms with E-state index in [9.17, 15) is 9.59 Å². The van der Waals surface area contributed by atoms with Crippen molar-refractivity contribution in [3.63, 3.8) is 0 Å². The molecule has 1 N–H and O–H groups in total. The van der Waals surface area contributed by atoms with Gasteiger partial charge in [0.25, 0.3) is 0 Å². The summed E-state index contributed by atoms with van der Waals surface area (Å²) in [6, 6.07) is 18.0. The quantitative estimate of drug-likeness (QED) is 0.755. The van der Waals surface area contributed by atoms with Gasteiger partial charge in [0.05, 0.1) is 6.42 Å². The Morgan fingerprint density at radius 1 is 0.875 bits per heavy atom. The van der Waals surface area contributed by atoms with Gasteiger partial charge in [0, 0.05) is 0 Å². The van der Waals surface area contributed by atoms with E-state index in [2.05, 4.69) is 5.32 Å². The van der Waals surface area contributed by atoms with Gasteiger partial charge >= 0.3 is 11.9 Å². The third-order valence-corrected chi connectivity index (χ3v) is 3.47. The summed E-state index contributed by atoms with van der Waals surface area (Å²) in [7, 11) is 1.61. The number of hydrogen-bond donors (Lipinski definition) is 1. The number of hydrogen-bond acceptors (Lipinski definition) is 5. The molecule has 24 heavy (non-hydrogen) atoms. The van der Waals surface area contributed by atoms with Crippen LogP contribution in [0.1, 0.15) is 17.5 Å². The Morgan fingerprint density at radius 2 is 1.38 bits per heavy atom. The molecule has 1 unspecified atom stereocenters. The number of benzene rings is 2. The number of ether oxygens (including phenoxy) is 2. The second kappa shape index (κ2) is 9.47. The number of esters is 2. The molecule has 0 saturated carbocycles. The van der Waals surface area contributed by atoms with Crippen molar-refractivity contribution in [3.8, 4) is 0 Å². The van der Waals surface area contributed by atoms with Gasteiger partial charge in [-0.25, -0.2) is 0 Å². The molecular weight excluding hydrogens is 306 g/mol. The minimum atomic E-state index is -0.725. The van der Waals surface area contributed by atoms with E-state index in [0.29, 0.717) is 0 Å². The second-order valence-electron chi connectivity index (χ2n) is 5.28. The summed E-state index contributed by atoms with van der Waals surface area (Å²) in [5, 5.41) is 2.79. The molecule has 0 fully saturated rings. The lowest BCUT2D eigenvalue weighted by atomic mass is 10.2. The molecule has 0 aromatic heterocycles. The first-order valence-corrected chi connectivity index (χ1v) is 7.76. The molecular formula is C19H21NO4. The molecule has 2 rings (SSSR count). The lowest BCUT2D eigenvalue weighted by Gasteiger charge is -2.15. The Kier molecular flexibility index (Phi) is 6.98. The van der Waals surface area contributed by atoms with E-state index < -0.39 is 18.0 Å². The fraction of sp³-hybridized carbons (Fsp3) is 0.263. The van der Waals surface area contributed by atoms with Gasteiger partial charge in [-0.05, 0) is 18.2 Å².